The molecule has 0 bridgehead atoms. The number of ether oxygens (including phenoxy) is 5. The van der Waals surface area contributed by atoms with Crippen molar-refractivity contribution in [1.29, 1.82) is 0 Å². The molecule has 2 aromatic rings. The summed E-state index contributed by atoms with van der Waals surface area (Å²) in [6.07, 6.45) is 10.6. The van der Waals surface area contributed by atoms with Crippen LogP contribution in [0.25, 0.3) is 0 Å². The molecule has 4 aliphatic rings. The van der Waals surface area contributed by atoms with Crippen LogP contribution in [-0.4, -0.2) is 96.0 Å². The van der Waals surface area contributed by atoms with Gasteiger partial charge in [0.2, 0.25) is 12.1 Å². The van der Waals surface area contributed by atoms with E-state index in [1.54, 1.807) is 18.0 Å². The van der Waals surface area contributed by atoms with Crippen LogP contribution in [0.4, 0.5) is 4.79 Å². The highest BCUT2D eigenvalue weighted by molar-refractivity contribution is 6.18. The zero-order valence-corrected chi connectivity index (χ0v) is 33.5. The van der Waals surface area contributed by atoms with Crippen LogP contribution in [0.1, 0.15) is 87.1 Å². The third kappa shape index (κ3) is 9.53. The van der Waals surface area contributed by atoms with Crippen molar-refractivity contribution in [3.05, 3.63) is 77.7 Å². The second-order valence-electron chi connectivity index (χ2n) is 15.1. The van der Waals surface area contributed by atoms with E-state index < -0.39 is 30.1 Å². The second-order valence-corrected chi connectivity index (χ2v) is 15.5. The number of aliphatic hydroxyl groups is 2. The minimum absolute atomic E-state index is 0.0469. The van der Waals surface area contributed by atoms with Gasteiger partial charge in [-0.3, -0.25) is 4.98 Å². The van der Waals surface area contributed by atoms with Crippen LogP contribution >= 0.6 is 11.6 Å². The topological polar surface area (TPSA) is 141 Å². The summed E-state index contributed by atoms with van der Waals surface area (Å²) in [5, 5.41) is 24.6. The number of carbonyl (C=O) groups is 1. The first kappa shape index (κ1) is 41.9. The number of carbonyl (C=O) groups excluding carboxylic acids is 1. The quantitative estimate of drug-likeness (QED) is 0.0638. The van der Waals surface area contributed by atoms with Crippen molar-refractivity contribution >= 4 is 23.4 Å². The number of pyridine rings is 1. The third-order valence-electron chi connectivity index (χ3n) is 11.5. The van der Waals surface area contributed by atoms with E-state index in [1.807, 2.05) is 37.3 Å². The van der Waals surface area contributed by atoms with Crippen molar-refractivity contribution in [2.75, 3.05) is 46.0 Å². The Morgan fingerprint density at radius 1 is 1.14 bits per heavy atom. The predicted octanol–water partition coefficient (Wildman–Crippen LogP) is 7.44. The predicted molar refractivity (Wildman–Crippen MR) is 213 cm³/mol. The molecule has 0 spiro atoms. The molecule has 2 N–H and O–H groups in total. The van der Waals surface area contributed by atoms with Crippen molar-refractivity contribution in [1.82, 2.24) is 9.88 Å². The maximum absolute atomic E-state index is 13.7. The van der Waals surface area contributed by atoms with Gasteiger partial charge < -0.3 is 43.6 Å². The molecule has 1 amide bonds. The Morgan fingerprint density at radius 2 is 1.96 bits per heavy atom. The highest BCUT2D eigenvalue weighted by Crippen LogP contribution is 2.61. The normalized spacial score (nSPS) is 27.3. The molecule has 56 heavy (non-hydrogen) atoms. The van der Waals surface area contributed by atoms with Crippen LogP contribution in [-0.2, 0) is 25.7 Å². The molecule has 3 heterocycles. The molecule has 2 aliphatic carbocycles. The van der Waals surface area contributed by atoms with Crippen LogP contribution in [0.3, 0.4) is 0 Å². The molecule has 1 aromatic carbocycles. The van der Waals surface area contributed by atoms with Gasteiger partial charge in [-0.05, 0) is 93.2 Å². The van der Waals surface area contributed by atoms with E-state index in [2.05, 4.69) is 23.7 Å². The van der Waals surface area contributed by atoms with Gasteiger partial charge in [0, 0.05) is 50.3 Å². The smallest absolute Gasteiger partial charge is 0.410 e. The molecule has 0 radical (unpaired) electrons. The lowest BCUT2D eigenvalue weighted by Gasteiger charge is -2.59. The van der Waals surface area contributed by atoms with Gasteiger partial charge in [0.15, 0.2) is 0 Å². The van der Waals surface area contributed by atoms with Crippen molar-refractivity contribution in [2.45, 2.75) is 102 Å². The van der Waals surface area contributed by atoms with Crippen molar-refractivity contribution in [2.24, 2.45) is 22.9 Å². The Kier molecular flexibility index (Phi) is 15.1. The first-order chi connectivity index (χ1) is 27.3. The molecule has 13 heteroatoms. The number of oxime groups is 1. The number of aliphatic hydroxyl groups excluding tert-OH is 2. The first-order valence-corrected chi connectivity index (χ1v) is 20.7. The highest BCUT2D eigenvalue weighted by Gasteiger charge is 2.65. The first-order valence-electron chi connectivity index (χ1n) is 20.2. The number of nitrogens with zero attached hydrogens (tertiary/aromatic N) is 3. The zero-order valence-electron chi connectivity index (χ0n) is 32.8. The lowest BCUT2D eigenvalue weighted by Crippen LogP contribution is -2.69. The number of unbranched alkanes of at least 4 members (excludes halogenated alkanes) is 2. The van der Waals surface area contributed by atoms with E-state index in [9.17, 15) is 15.0 Å². The molecular weight excluding hydrogens is 738 g/mol. The fourth-order valence-electron chi connectivity index (χ4n) is 8.93. The van der Waals surface area contributed by atoms with Crippen LogP contribution in [0, 0.1) is 24.7 Å². The minimum atomic E-state index is -1.38. The van der Waals surface area contributed by atoms with Crippen LogP contribution in [0.5, 0.6) is 11.5 Å². The summed E-state index contributed by atoms with van der Waals surface area (Å²) in [7, 11) is 1.70. The molecule has 2 aliphatic heterocycles. The number of amides is 1. The molecule has 6 rings (SSSR count). The minimum Gasteiger partial charge on any atom is -0.487 e. The summed E-state index contributed by atoms with van der Waals surface area (Å²) in [4.78, 5) is 26.1. The number of hydrogen-bond donors (Lipinski definition) is 2. The van der Waals surface area contributed by atoms with Gasteiger partial charge in [-0.2, -0.15) is 0 Å². The summed E-state index contributed by atoms with van der Waals surface area (Å²) < 4.78 is 32.0. The van der Waals surface area contributed by atoms with E-state index in [0.29, 0.717) is 43.3 Å². The van der Waals surface area contributed by atoms with Gasteiger partial charge in [0.1, 0.15) is 30.8 Å². The maximum atomic E-state index is 13.7. The van der Waals surface area contributed by atoms with Gasteiger partial charge >= 0.3 is 6.09 Å². The van der Waals surface area contributed by atoms with Gasteiger partial charge in [0.05, 0.1) is 36.4 Å². The molecule has 1 unspecified atom stereocenters. The number of halogens is 1. The molecular formula is C43H58ClN3O9. The number of likely N-dealkylation sites (N-methyl/N-ethyl adjacent to an activating group) is 1. The average molecular weight is 796 g/mol. The van der Waals surface area contributed by atoms with Crippen molar-refractivity contribution in [3.8, 4) is 11.5 Å². The lowest BCUT2D eigenvalue weighted by molar-refractivity contribution is -0.254. The fourth-order valence-corrected chi connectivity index (χ4v) is 9.00. The molecule has 7 atom stereocenters. The number of alkyl halides is 1. The number of fused-ring (bicyclic) bond motifs is 2. The summed E-state index contributed by atoms with van der Waals surface area (Å²) in [5.74, 6) is -0.374. The van der Waals surface area contributed by atoms with Gasteiger partial charge in [-0.25, -0.2) is 4.79 Å². The van der Waals surface area contributed by atoms with Crippen LogP contribution < -0.4 is 9.47 Å². The number of allylic oxidation sites excluding steroid dienone is 1. The van der Waals surface area contributed by atoms with E-state index in [4.69, 9.17) is 45.3 Å². The van der Waals surface area contributed by atoms with E-state index in [1.165, 1.54) is 0 Å². The fraction of sp³-hybridized carbons (Fsp3) is 0.605. The Hall–Kier alpha value is -3.68. The van der Waals surface area contributed by atoms with Crippen LogP contribution in [0.2, 0.25) is 0 Å². The molecule has 12 nitrogen and oxygen atoms in total. The number of aryl methyl sites for hydroxylation is 1. The Labute approximate surface area is 335 Å². The largest absolute Gasteiger partial charge is 0.487 e. The number of hydrogen-bond acceptors (Lipinski definition) is 11. The zero-order chi connectivity index (χ0) is 39.5. The number of rotatable bonds is 19. The van der Waals surface area contributed by atoms with Gasteiger partial charge in [-0.1, -0.05) is 36.2 Å². The monoisotopic (exact) mass is 795 g/mol. The van der Waals surface area contributed by atoms with Crippen molar-refractivity contribution in [3.63, 3.8) is 0 Å². The molecule has 1 saturated carbocycles. The Morgan fingerprint density at radius 3 is 2.70 bits per heavy atom. The molecule has 1 aromatic heterocycles. The highest BCUT2D eigenvalue weighted by atomic mass is 35.5. The summed E-state index contributed by atoms with van der Waals surface area (Å²) in [6.45, 7) is 7.27. The summed E-state index contributed by atoms with van der Waals surface area (Å²) in [6, 6.07) is 11.1. The molecule has 2 fully saturated rings. The standard InChI is InChI=1S/C43H58ClN3O9/c1-4-22-54-43-38(47(3)42(50)52-24-19-44)27-36(46-56-39-16-7-10-23-51-39)34-25-30(13-5-8-20-48)33(15-6-9-21-49)40(41(34)43)35-26-32(17-18-37(35)55-43)53-28-31-14-11-12-29(2)45-31/h4,11-12,14,17-18,25-26,30,33,38-41,48-49H,1,5-10,13,15-16,19-24,27-28H2,2-3H3/t30-,33+,38-,39?,40+,41+,43+/m0/s1. The lowest BCUT2D eigenvalue weighted by atomic mass is 9.55. The van der Waals surface area contributed by atoms with E-state index >= 15 is 0 Å². The third-order valence-corrected chi connectivity index (χ3v) is 11.6. The Balaban J connectivity index is 1.52. The second kappa shape index (κ2) is 20.1. The van der Waals surface area contributed by atoms with E-state index in [0.717, 1.165) is 67.5 Å². The molecule has 306 valence electrons. The van der Waals surface area contributed by atoms with E-state index in [-0.39, 0.29) is 56.5 Å². The number of benzene rings is 1. The van der Waals surface area contributed by atoms with Gasteiger partial charge in [0.25, 0.3) is 0 Å². The summed E-state index contributed by atoms with van der Waals surface area (Å²) >= 11 is 5.95. The SMILES string of the molecule is C=CCO[C@@]12Oc3ccc(OCc4cccc(C)n4)cc3[C@H]3[C@H](CCCCO)[C@@H](CCCCO)C=C(C(=NOC4CCCCO4)C[C@@H]1N(C)C(=O)OCCCl)[C@H]32. The van der Waals surface area contributed by atoms with Crippen LogP contribution in [0.15, 0.2) is 65.9 Å². The Bertz CT molecular complexity index is 1680. The van der Waals surface area contributed by atoms with Crippen molar-refractivity contribution < 1.29 is 43.5 Å². The average Bonchev–Trinajstić information content (AvgIpc) is 3.21. The maximum Gasteiger partial charge on any atom is 0.410 e. The summed E-state index contributed by atoms with van der Waals surface area (Å²) in [5.41, 5.74) is 4.35. The number of aromatic nitrogens is 1. The molecule has 1 saturated heterocycles. The van der Waals surface area contributed by atoms with Gasteiger partial charge in [-0.15, -0.1) is 18.2 Å².